The second kappa shape index (κ2) is 6.18. The van der Waals surface area contributed by atoms with E-state index < -0.39 is 0 Å². The van der Waals surface area contributed by atoms with Crippen LogP contribution in [0.1, 0.15) is 32.0 Å². The van der Waals surface area contributed by atoms with Gasteiger partial charge >= 0.3 is 0 Å². The maximum absolute atomic E-state index is 13.4. The fourth-order valence-electron chi connectivity index (χ4n) is 1.73. The summed E-state index contributed by atoms with van der Waals surface area (Å²) < 4.78 is 19.2. The van der Waals surface area contributed by atoms with Gasteiger partial charge in [0, 0.05) is 23.8 Å². The van der Waals surface area contributed by atoms with E-state index in [-0.39, 0.29) is 11.4 Å². The van der Waals surface area contributed by atoms with Gasteiger partial charge in [-0.25, -0.2) is 9.37 Å². The SMILES string of the molecule is Cc1ncccc1Oc1ncc(F)cc1CNC(C)(C)C. The Hall–Kier alpha value is -2.01. The highest BCUT2D eigenvalue weighted by Crippen LogP contribution is 2.25. The number of nitrogens with zero attached hydrogens (tertiary/aromatic N) is 2. The first-order chi connectivity index (χ1) is 9.85. The van der Waals surface area contributed by atoms with E-state index in [1.807, 2.05) is 33.8 Å². The number of hydrogen-bond donors (Lipinski definition) is 1. The molecule has 5 heteroatoms. The molecule has 0 unspecified atom stereocenters. The first-order valence-corrected chi connectivity index (χ1v) is 6.84. The lowest BCUT2D eigenvalue weighted by atomic mass is 10.1. The van der Waals surface area contributed by atoms with E-state index in [0.717, 1.165) is 11.9 Å². The number of hydrogen-bond acceptors (Lipinski definition) is 4. The standard InChI is InChI=1S/C16H20FN3O/c1-11-14(6-5-7-18-11)21-15-12(8-13(17)10-19-15)9-20-16(2,3)4/h5-8,10,20H,9H2,1-4H3. The molecule has 2 aromatic heterocycles. The molecule has 0 bridgehead atoms. The fourth-order valence-corrected chi connectivity index (χ4v) is 1.73. The maximum atomic E-state index is 13.4. The third-order valence-electron chi connectivity index (χ3n) is 2.87. The number of nitrogens with one attached hydrogen (secondary N) is 1. The Morgan fingerprint density at radius 2 is 2.05 bits per heavy atom. The summed E-state index contributed by atoms with van der Waals surface area (Å²) in [6, 6.07) is 5.04. The topological polar surface area (TPSA) is 47.0 Å². The van der Waals surface area contributed by atoms with Crippen molar-refractivity contribution >= 4 is 0 Å². The van der Waals surface area contributed by atoms with Gasteiger partial charge in [0.2, 0.25) is 5.88 Å². The summed E-state index contributed by atoms with van der Waals surface area (Å²) in [5.74, 6) is 0.633. The molecule has 112 valence electrons. The first-order valence-electron chi connectivity index (χ1n) is 6.84. The Kier molecular flexibility index (Phi) is 4.53. The van der Waals surface area contributed by atoms with Crippen molar-refractivity contribution in [1.29, 1.82) is 0 Å². The summed E-state index contributed by atoms with van der Waals surface area (Å²) in [5, 5.41) is 3.30. The van der Waals surface area contributed by atoms with E-state index >= 15 is 0 Å². The molecule has 0 aliphatic carbocycles. The lowest BCUT2D eigenvalue weighted by Gasteiger charge is -2.21. The van der Waals surface area contributed by atoms with Crippen molar-refractivity contribution in [3.63, 3.8) is 0 Å². The third kappa shape index (κ3) is 4.49. The fraction of sp³-hybridized carbons (Fsp3) is 0.375. The van der Waals surface area contributed by atoms with Gasteiger partial charge < -0.3 is 10.1 Å². The Bertz CT molecular complexity index is 623. The summed E-state index contributed by atoms with van der Waals surface area (Å²) in [7, 11) is 0. The molecule has 2 heterocycles. The number of rotatable bonds is 4. The third-order valence-corrected chi connectivity index (χ3v) is 2.87. The molecule has 0 atom stereocenters. The molecule has 0 spiro atoms. The second-order valence-corrected chi connectivity index (χ2v) is 5.91. The van der Waals surface area contributed by atoms with Crippen LogP contribution in [0.5, 0.6) is 11.6 Å². The van der Waals surface area contributed by atoms with Gasteiger partial charge in [-0.15, -0.1) is 0 Å². The van der Waals surface area contributed by atoms with E-state index in [1.54, 1.807) is 12.3 Å². The van der Waals surface area contributed by atoms with Gasteiger partial charge in [-0.3, -0.25) is 4.98 Å². The molecule has 0 saturated heterocycles. The van der Waals surface area contributed by atoms with Crippen LogP contribution in [-0.2, 0) is 6.54 Å². The minimum atomic E-state index is -0.379. The van der Waals surface area contributed by atoms with Crippen LogP contribution in [-0.4, -0.2) is 15.5 Å². The first kappa shape index (κ1) is 15.4. The smallest absolute Gasteiger partial charge is 0.224 e. The van der Waals surface area contributed by atoms with Crippen LogP contribution in [0, 0.1) is 12.7 Å². The zero-order valence-electron chi connectivity index (χ0n) is 12.8. The van der Waals surface area contributed by atoms with Crippen LogP contribution < -0.4 is 10.1 Å². The summed E-state index contributed by atoms with van der Waals surface area (Å²) >= 11 is 0. The van der Waals surface area contributed by atoms with Crippen molar-refractivity contribution in [2.45, 2.75) is 39.8 Å². The second-order valence-electron chi connectivity index (χ2n) is 5.91. The molecule has 0 aromatic carbocycles. The number of ether oxygens (including phenoxy) is 1. The molecule has 0 aliphatic rings. The number of pyridine rings is 2. The molecule has 2 rings (SSSR count). The van der Waals surface area contributed by atoms with Gasteiger partial charge in [-0.2, -0.15) is 0 Å². The quantitative estimate of drug-likeness (QED) is 0.934. The van der Waals surface area contributed by atoms with Gasteiger partial charge in [-0.1, -0.05) is 0 Å². The van der Waals surface area contributed by atoms with Crippen LogP contribution in [0.4, 0.5) is 4.39 Å². The van der Waals surface area contributed by atoms with E-state index in [1.165, 1.54) is 6.07 Å². The van der Waals surface area contributed by atoms with E-state index in [9.17, 15) is 4.39 Å². The van der Waals surface area contributed by atoms with Crippen LogP contribution in [0.2, 0.25) is 0 Å². The van der Waals surface area contributed by atoms with Gasteiger partial charge in [0.05, 0.1) is 11.9 Å². The molecule has 0 saturated carbocycles. The Morgan fingerprint density at radius 1 is 1.29 bits per heavy atom. The predicted octanol–water partition coefficient (Wildman–Crippen LogP) is 3.60. The summed E-state index contributed by atoms with van der Waals surface area (Å²) in [5.41, 5.74) is 1.36. The van der Waals surface area contributed by atoms with Crippen molar-refractivity contribution in [3.05, 3.63) is 47.7 Å². The monoisotopic (exact) mass is 289 g/mol. The average molecular weight is 289 g/mol. The van der Waals surface area contributed by atoms with Crippen molar-refractivity contribution in [3.8, 4) is 11.6 Å². The van der Waals surface area contributed by atoms with Crippen molar-refractivity contribution < 1.29 is 9.13 Å². The Morgan fingerprint density at radius 3 is 2.71 bits per heavy atom. The summed E-state index contributed by atoms with van der Waals surface area (Å²) in [6.45, 7) is 8.47. The normalized spacial score (nSPS) is 11.5. The molecule has 0 amide bonds. The molecule has 0 fully saturated rings. The minimum absolute atomic E-state index is 0.0756. The molecule has 2 aromatic rings. The highest BCUT2D eigenvalue weighted by Gasteiger charge is 2.14. The molecule has 1 N–H and O–H groups in total. The lowest BCUT2D eigenvalue weighted by Crippen LogP contribution is -2.35. The van der Waals surface area contributed by atoms with Crippen molar-refractivity contribution in [2.75, 3.05) is 0 Å². The van der Waals surface area contributed by atoms with Crippen LogP contribution in [0.15, 0.2) is 30.6 Å². The number of halogens is 1. The van der Waals surface area contributed by atoms with Crippen LogP contribution >= 0.6 is 0 Å². The van der Waals surface area contributed by atoms with Crippen LogP contribution in [0.25, 0.3) is 0 Å². The maximum Gasteiger partial charge on any atom is 0.224 e. The molecule has 21 heavy (non-hydrogen) atoms. The van der Waals surface area contributed by atoms with E-state index in [0.29, 0.717) is 23.7 Å². The largest absolute Gasteiger partial charge is 0.437 e. The Labute approximate surface area is 124 Å². The highest BCUT2D eigenvalue weighted by atomic mass is 19.1. The molecule has 0 radical (unpaired) electrons. The number of aryl methyl sites for hydroxylation is 1. The van der Waals surface area contributed by atoms with Crippen molar-refractivity contribution in [1.82, 2.24) is 15.3 Å². The van der Waals surface area contributed by atoms with E-state index in [2.05, 4.69) is 15.3 Å². The van der Waals surface area contributed by atoms with Gasteiger partial charge in [0.15, 0.2) is 5.75 Å². The zero-order chi connectivity index (χ0) is 15.5. The van der Waals surface area contributed by atoms with Crippen LogP contribution in [0.3, 0.4) is 0 Å². The predicted molar refractivity (Wildman–Crippen MR) is 79.8 cm³/mol. The Balaban J connectivity index is 2.25. The highest BCUT2D eigenvalue weighted by molar-refractivity contribution is 5.34. The van der Waals surface area contributed by atoms with Crippen molar-refractivity contribution in [2.24, 2.45) is 0 Å². The molecule has 0 aliphatic heterocycles. The summed E-state index contributed by atoms with van der Waals surface area (Å²) in [6.07, 6.45) is 2.85. The van der Waals surface area contributed by atoms with E-state index in [4.69, 9.17) is 4.74 Å². The lowest BCUT2D eigenvalue weighted by molar-refractivity contribution is 0.405. The zero-order valence-corrected chi connectivity index (χ0v) is 12.8. The van der Waals surface area contributed by atoms with Gasteiger partial charge in [-0.05, 0) is 45.9 Å². The van der Waals surface area contributed by atoms with Gasteiger partial charge in [0.1, 0.15) is 5.82 Å². The number of aromatic nitrogens is 2. The van der Waals surface area contributed by atoms with Gasteiger partial charge in [0.25, 0.3) is 0 Å². The molecular weight excluding hydrogens is 269 g/mol. The molecule has 4 nitrogen and oxygen atoms in total. The summed E-state index contributed by atoms with van der Waals surface area (Å²) in [4.78, 5) is 8.22. The molecular formula is C16H20FN3O. The average Bonchev–Trinajstić information content (AvgIpc) is 2.40. The minimum Gasteiger partial charge on any atom is -0.437 e.